The van der Waals surface area contributed by atoms with Crippen LogP contribution in [0.3, 0.4) is 0 Å². The first-order chi connectivity index (χ1) is 14.4. The normalized spacial score (nSPS) is 11.2. The van der Waals surface area contributed by atoms with E-state index in [4.69, 9.17) is 0 Å². The Morgan fingerprint density at radius 2 is 0.793 bits per heavy atom. The van der Waals surface area contributed by atoms with E-state index in [0.29, 0.717) is 0 Å². The molecule has 0 heterocycles. The van der Waals surface area contributed by atoms with Gasteiger partial charge in [-0.05, 0) is 37.1 Å². The Morgan fingerprint density at radius 1 is 0.448 bits per heavy atom. The van der Waals surface area contributed by atoms with Crippen molar-refractivity contribution in [3.63, 3.8) is 0 Å². The van der Waals surface area contributed by atoms with Crippen LogP contribution in [0.15, 0.2) is 70.5 Å². The van der Waals surface area contributed by atoms with Crippen LogP contribution < -0.4 is 0 Å². The molecule has 0 aromatic heterocycles. The molecule has 0 radical (unpaired) electrons. The lowest BCUT2D eigenvalue weighted by atomic mass is 10.0. The van der Waals surface area contributed by atoms with Gasteiger partial charge in [0.2, 0.25) is 0 Å². The minimum absolute atomic E-state index is 0.233. The van der Waals surface area contributed by atoms with Crippen molar-refractivity contribution in [2.45, 2.75) is 107 Å². The molecule has 1 heteroatoms. The molecule has 2 aromatic carbocycles. The minimum Gasteiger partial charge on any atom is -0.0654 e. The smallest absolute Gasteiger partial charge is 0.0654 e. The van der Waals surface area contributed by atoms with Crippen LogP contribution in [0.2, 0.25) is 0 Å². The van der Waals surface area contributed by atoms with Crippen LogP contribution in [-0.4, -0.2) is 5.75 Å². The molecular formula is C28H43S+. The summed E-state index contributed by atoms with van der Waals surface area (Å²) in [5, 5.41) is 0. The van der Waals surface area contributed by atoms with Crippen molar-refractivity contribution in [2.75, 3.05) is 5.75 Å². The number of hydrogen-bond acceptors (Lipinski definition) is 0. The summed E-state index contributed by atoms with van der Waals surface area (Å²) >= 11 is 0. The minimum atomic E-state index is 0.233. The first-order valence-corrected chi connectivity index (χ1v) is 13.6. The average Bonchev–Trinajstić information content (AvgIpc) is 2.78. The lowest BCUT2D eigenvalue weighted by Gasteiger charge is -2.08. The molecule has 0 aliphatic rings. The van der Waals surface area contributed by atoms with Crippen molar-refractivity contribution in [1.82, 2.24) is 0 Å². The maximum atomic E-state index is 2.31. The third-order valence-electron chi connectivity index (χ3n) is 5.76. The van der Waals surface area contributed by atoms with Crippen molar-refractivity contribution in [3.05, 3.63) is 60.7 Å². The number of rotatable bonds is 17. The Morgan fingerprint density at radius 3 is 1.17 bits per heavy atom. The van der Waals surface area contributed by atoms with E-state index in [0.717, 1.165) is 0 Å². The van der Waals surface area contributed by atoms with Crippen molar-refractivity contribution in [2.24, 2.45) is 0 Å². The molecule has 2 aromatic rings. The lowest BCUT2D eigenvalue weighted by Crippen LogP contribution is -2.08. The predicted molar refractivity (Wildman–Crippen MR) is 132 cm³/mol. The lowest BCUT2D eigenvalue weighted by molar-refractivity contribution is 0.538. The van der Waals surface area contributed by atoms with Crippen molar-refractivity contribution < 1.29 is 0 Å². The highest BCUT2D eigenvalue weighted by Crippen LogP contribution is 2.25. The molecule has 0 saturated heterocycles. The Labute approximate surface area is 183 Å². The zero-order valence-corrected chi connectivity index (χ0v) is 19.6. The fourth-order valence-corrected chi connectivity index (χ4v) is 6.19. The summed E-state index contributed by atoms with van der Waals surface area (Å²) in [6.45, 7) is 2.30. The fourth-order valence-electron chi connectivity index (χ4n) is 3.98. The van der Waals surface area contributed by atoms with E-state index < -0.39 is 0 Å². The SMILES string of the molecule is CCCCCCCCCCCCCCCC[S+](c1ccccc1)c1ccccc1. The Balaban J connectivity index is 1.52. The Hall–Kier alpha value is -1.21. The van der Waals surface area contributed by atoms with E-state index >= 15 is 0 Å². The zero-order valence-electron chi connectivity index (χ0n) is 18.8. The number of unbranched alkanes of at least 4 members (excludes halogenated alkanes) is 13. The van der Waals surface area contributed by atoms with E-state index in [1.165, 1.54) is 105 Å². The molecule has 2 rings (SSSR count). The second-order valence-electron chi connectivity index (χ2n) is 8.32. The van der Waals surface area contributed by atoms with Gasteiger partial charge in [-0.2, -0.15) is 0 Å². The summed E-state index contributed by atoms with van der Waals surface area (Å²) in [7, 11) is 0.233. The molecule has 0 saturated carbocycles. The van der Waals surface area contributed by atoms with Gasteiger partial charge in [0.05, 0.1) is 10.9 Å². The maximum absolute atomic E-state index is 2.31. The van der Waals surface area contributed by atoms with Gasteiger partial charge in [-0.15, -0.1) is 0 Å². The van der Waals surface area contributed by atoms with Crippen LogP contribution in [0.1, 0.15) is 96.8 Å². The topological polar surface area (TPSA) is 0 Å². The van der Waals surface area contributed by atoms with E-state index in [9.17, 15) is 0 Å². The van der Waals surface area contributed by atoms with Crippen LogP contribution >= 0.6 is 0 Å². The third kappa shape index (κ3) is 10.9. The predicted octanol–water partition coefficient (Wildman–Crippen LogP) is 9.20. The van der Waals surface area contributed by atoms with Crippen molar-refractivity contribution in [3.8, 4) is 0 Å². The molecule has 0 N–H and O–H groups in total. The zero-order chi connectivity index (χ0) is 20.4. The highest BCUT2D eigenvalue weighted by atomic mass is 32.2. The highest BCUT2D eigenvalue weighted by molar-refractivity contribution is 7.97. The van der Waals surface area contributed by atoms with Crippen LogP contribution in [0.25, 0.3) is 0 Å². The second-order valence-corrected chi connectivity index (χ2v) is 10.4. The summed E-state index contributed by atoms with van der Waals surface area (Å²) in [5.74, 6) is 1.30. The van der Waals surface area contributed by atoms with Crippen LogP contribution in [-0.2, 0) is 10.9 Å². The van der Waals surface area contributed by atoms with Gasteiger partial charge in [0.1, 0.15) is 5.75 Å². The largest absolute Gasteiger partial charge is 0.160 e. The molecule has 0 aliphatic carbocycles. The number of benzene rings is 2. The molecule has 0 nitrogen and oxygen atoms in total. The van der Waals surface area contributed by atoms with E-state index in [2.05, 4.69) is 67.6 Å². The van der Waals surface area contributed by atoms with Gasteiger partial charge in [-0.3, -0.25) is 0 Å². The monoisotopic (exact) mass is 411 g/mol. The summed E-state index contributed by atoms with van der Waals surface area (Å²) in [4.78, 5) is 2.99. The van der Waals surface area contributed by atoms with E-state index in [-0.39, 0.29) is 10.9 Å². The Kier molecular flexibility index (Phi) is 13.8. The molecule has 160 valence electrons. The molecule has 0 aliphatic heterocycles. The number of hydrogen-bond donors (Lipinski definition) is 0. The molecule has 0 fully saturated rings. The van der Waals surface area contributed by atoms with Gasteiger partial charge >= 0.3 is 0 Å². The molecule has 0 bridgehead atoms. The van der Waals surface area contributed by atoms with Gasteiger partial charge in [-0.1, -0.05) is 120 Å². The summed E-state index contributed by atoms with van der Waals surface area (Å²) in [6, 6.07) is 22.2. The molecular weight excluding hydrogens is 368 g/mol. The highest BCUT2D eigenvalue weighted by Gasteiger charge is 2.23. The molecule has 29 heavy (non-hydrogen) atoms. The van der Waals surface area contributed by atoms with Crippen LogP contribution in [0.4, 0.5) is 0 Å². The van der Waals surface area contributed by atoms with Gasteiger partial charge < -0.3 is 0 Å². The summed E-state index contributed by atoms with van der Waals surface area (Å²) < 4.78 is 0. The van der Waals surface area contributed by atoms with Gasteiger partial charge in [0, 0.05) is 0 Å². The van der Waals surface area contributed by atoms with Gasteiger partial charge in [0.25, 0.3) is 0 Å². The van der Waals surface area contributed by atoms with Gasteiger partial charge in [-0.25, -0.2) is 0 Å². The van der Waals surface area contributed by atoms with Crippen molar-refractivity contribution in [1.29, 1.82) is 0 Å². The second kappa shape index (κ2) is 16.6. The first-order valence-electron chi connectivity index (χ1n) is 12.2. The molecule has 0 atom stereocenters. The summed E-state index contributed by atoms with van der Waals surface area (Å²) in [5.41, 5.74) is 0. The average molecular weight is 412 g/mol. The molecule has 0 amide bonds. The molecule has 0 unspecified atom stereocenters. The van der Waals surface area contributed by atoms with Crippen LogP contribution in [0.5, 0.6) is 0 Å². The summed E-state index contributed by atoms with van der Waals surface area (Å²) in [6.07, 6.45) is 20.0. The standard InChI is InChI=1S/C28H43S/c1-2-3-4-5-6-7-8-9-10-11-12-13-14-21-26-29(27-22-17-15-18-23-27)28-24-19-16-20-25-28/h15-20,22-25H,2-14,21,26H2,1H3/q+1. The van der Waals surface area contributed by atoms with Crippen LogP contribution in [0, 0.1) is 0 Å². The first kappa shape index (κ1) is 24.1. The third-order valence-corrected chi connectivity index (χ3v) is 8.14. The Bertz CT molecular complexity index is 553. The van der Waals surface area contributed by atoms with E-state index in [1.807, 2.05) is 0 Å². The van der Waals surface area contributed by atoms with Gasteiger partial charge in [0.15, 0.2) is 9.79 Å². The van der Waals surface area contributed by atoms with Crippen molar-refractivity contribution >= 4 is 10.9 Å². The molecule has 0 spiro atoms. The maximum Gasteiger partial charge on any atom is 0.160 e. The quantitative estimate of drug-likeness (QED) is 0.180. The fraction of sp³-hybridized carbons (Fsp3) is 0.571. The van der Waals surface area contributed by atoms with E-state index in [1.54, 1.807) is 0 Å².